The highest BCUT2D eigenvalue weighted by molar-refractivity contribution is 6.12. The van der Waals surface area contributed by atoms with Crippen LogP contribution in [0.4, 0.5) is 0 Å². The first kappa shape index (κ1) is 12.6. The summed E-state index contributed by atoms with van der Waals surface area (Å²) in [5, 5.41) is 4.55. The largest absolute Gasteiger partial charge is 0.261 e. The van der Waals surface area contributed by atoms with Gasteiger partial charge in [0.15, 0.2) is 0 Å². The number of hydrogen-bond donors (Lipinski definition) is 1. The lowest BCUT2D eigenvalue weighted by atomic mass is 9.92. The fourth-order valence-electron chi connectivity index (χ4n) is 2.34. The van der Waals surface area contributed by atoms with Crippen LogP contribution in [0, 0.1) is 0 Å². The van der Waals surface area contributed by atoms with Crippen LogP contribution >= 0.6 is 0 Å². The van der Waals surface area contributed by atoms with Gasteiger partial charge in [-0.15, -0.1) is 0 Å². The maximum absolute atomic E-state index is 4.82. The van der Waals surface area contributed by atoms with Crippen molar-refractivity contribution in [2.75, 3.05) is 0 Å². The third-order valence-corrected chi connectivity index (χ3v) is 3.34. The Morgan fingerprint density at radius 1 is 0.800 bits per heavy atom. The Morgan fingerprint density at radius 3 is 1.90 bits per heavy atom. The maximum atomic E-state index is 4.82. The van der Waals surface area contributed by atoms with E-state index in [9.17, 15) is 0 Å². The average molecular weight is 263 g/mol. The van der Waals surface area contributed by atoms with Crippen molar-refractivity contribution in [2.45, 2.75) is 19.4 Å². The zero-order chi connectivity index (χ0) is 14.0. The fourth-order valence-corrected chi connectivity index (χ4v) is 2.34. The lowest BCUT2D eigenvalue weighted by Gasteiger charge is -2.28. The van der Waals surface area contributed by atoms with E-state index in [0.717, 1.165) is 22.7 Å². The molecule has 2 aromatic carbocycles. The monoisotopic (exact) mass is 263 g/mol. The van der Waals surface area contributed by atoms with Gasteiger partial charge in [-0.25, -0.2) is 0 Å². The van der Waals surface area contributed by atoms with Crippen molar-refractivity contribution >= 4 is 11.5 Å². The van der Waals surface area contributed by atoms with Crippen LogP contribution in [0.1, 0.15) is 25.0 Å². The predicted molar refractivity (Wildman–Crippen MR) is 83.2 cm³/mol. The second-order valence-corrected chi connectivity index (χ2v) is 5.32. The van der Waals surface area contributed by atoms with Crippen LogP contribution in [-0.2, 0) is 0 Å². The molecule has 0 fully saturated rings. The van der Waals surface area contributed by atoms with Crippen molar-refractivity contribution in [1.82, 2.24) is 5.43 Å². The molecule has 1 heterocycles. The molecule has 3 heteroatoms. The number of amidine groups is 1. The highest BCUT2D eigenvalue weighted by Gasteiger charge is 2.29. The third-order valence-electron chi connectivity index (χ3n) is 3.34. The SMILES string of the molecule is CC1(C)N=C(c2ccccc2)NN=C1c1ccccc1. The minimum atomic E-state index is -0.349. The molecule has 0 saturated carbocycles. The van der Waals surface area contributed by atoms with Crippen LogP contribution in [0.3, 0.4) is 0 Å². The smallest absolute Gasteiger partial charge is 0.149 e. The first-order valence-corrected chi connectivity index (χ1v) is 6.72. The van der Waals surface area contributed by atoms with Gasteiger partial charge >= 0.3 is 0 Å². The molecule has 0 spiro atoms. The van der Waals surface area contributed by atoms with Crippen molar-refractivity contribution < 1.29 is 0 Å². The van der Waals surface area contributed by atoms with Crippen molar-refractivity contribution in [3.63, 3.8) is 0 Å². The average Bonchev–Trinajstić information content (AvgIpc) is 2.48. The van der Waals surface area contributed by atoms with E-state index in [1.54, 1.807) is 0 Å². The number of benzene rings is 2. The minimum Gasteiger partial charge on any atom is -0.261 e. The second kappa shape index (κ2) is 4.93. The first-order chi connectivity index (χ1) is 9.67. The molecule has 3 nitrogen and oxygen atoms in total. The molecule has 20 heavy (non-hydrogen) atoms. The Hall–Kier alpha value is -2.42. The molecule has 3 rings (SSSR count). The summed E-state index contributed by atoms with van der Waals surface area (Å²) in [6.07, 6.45) is 0. The van der Waals surface area contributed by atoms with E-state index in [0.29, 0.717) is 0 Å². The summed E-state index contributed by atoms with van der Waals surface area (Å²) in [4.78, 5) is 4.82. The van der Waals surface area contributed by atoms with Crippen LogP contribution in [0.2, 0.25) is 0 Å². The highest BCUT2D eigenvalue weighted by atomic mass is 15.4. The highest BCUT2D eigenvalue weighted by Crippen LogP contribution is 2.22. The molecular formula is C17H17N3. The van der Waals surface area contributed by atoms with Gasteiger partial charge < -0.3 is 0 Å². The molecular weight excluding hydrogens is 246 g/mol. The molecule has 0 radical (unpaired) electrons. The zero-order valence-corrected chi connectivity index (χ0v) is 11.7. The van der Waals surface area contributed by atoms with E-state index >= 15 is 0 Å². The van der Waals surface area contributed by atoms with Gasteiger partial charge in [-0.2, -0.15) is 5.10 Å². The summed E-state index contributed by atoms with van der Waals surface area (Å²) < 4.78 is 0. The zero-order valence-electron chi connectivity index (χ0n) is 11.7. The number of hydrazone groups is 1. The Kier molecular flexibility index (Phi) is 3.11. The van der Waals surface area contributed by atoms with Crippen LogP contribution in [0.5, 0.6) is 0 Å². The minimum absolute atomic E-state index is 0.349. The third kappa shape index (κ3) is 2.35. The van der Waals surface area contributed by atoms with Gasteiger partial charge in [0, 0.05) is 11.1 Å². The Morgan fingerprint density at radius 2 is 1.35 bits per heavy atom. The standard InChI is InChI=1S/C17H17N3/c1-17(2)15(13-9-5-3-6-10-13)19-20-16(18-17)14-11-7-4-8-12-14/h3-12H,1-2H3,(H,18,20). The fraction of sp³-hybridized carbons (Fsp3) is 0.176. The number of aliphatic imine (C=N–C) groups is 1. The molecule has 1 aliphatic heterocycles. The molecule has 0 bridgehead atoms. The number of rotatable bonds is 2. The first-order valence-electron chi connectivity index (χ1n) is 6.72. The van der Waals surface area contributed by atoms with E-state index < -0.39 is 0 Å². The molecule has 0 aromatic heterocycles. The molecule has 0 saturated heterocycles. The van der Waals surface area contributed by atoms with Gasteiger partial charge in [0.1, 0.15) is 11.4 Å². The normalized spacial score (nSPS) is 16.9. The van der Waals surface area contributed by atoms with E-state index in [-0.39, 0.29) is 5.54 Å². The maximum Gasteiger partial charge on any atom is 0.149 e. The second-order valence-electron chi connectivity index (χ2n) is 5.32. The molecule has 0 unspecified atom stereocenters. The Balaban J connectivity index is 1.96. The Bertz CT molecular complexity index is 655. The predicted octanol–water partition coefficient (Wildman–Crippen LogP) is 3.22. The van der Waals surface area contributed by atoms with E-state index in [1.807, 2.05) is 48.5 Å². The number of nitrogens with zero attached hydrogens (tertiary/aromatic N) is 2. The summed E-state index contributed by atoms with van der Waals surface area (Å²) in [6, 6.07) is 20.2. The van der Waals surface area contributed by atoms with Crippen molar-refractivity contribution in [1.29, 1.82) is 0 Å². The van der Waals surface area contributed by atoms with Gasteiger partial charge in [0.05, 0.1) is 5.71 Å². The van der Waals surface area contributed by atoms with E-state index in [4.69, 9.17) is 4.99 Å². The van der Waals surface area contributed by atoms with Gasteiger partial charge in [-0.3, -0.25) is 10.4 Å². The number of hydrogen-bond acceptors (Lipinski definition) is 3. The quantitative estimate of drug-likeness (QED) is 0.887. The molecule has 2 aromatic rings. The summed E-state index contributed by atoms with van der Waals surface area (Å²) in [5.74, 6) is 0.815. The van der Waals surface area contributed by atoms with Crippen molar-refractivity contribution in [2.24, 2.45) is 10.1 Å². The van der Waals surface area contributed by atoms with E-state index in [1.165, 1.54) is 0 Å². The van der Waals surface area contributed by atoms with Crippen LogP contribution in [0.15, 0.2) is 70.8 Å². The topological polar surface area (TPSA) is 36.8 Å². The summed E-state index contributed by atoms with van der Waals surface area (Å²) in [5.41, 5.74) is 5.83. The number of nitrogens with one attached hydrogen (secondary N) is 1. The lowest BCUT2D eigenvalue weighted by molar-refractivity contribution is 0.671. The summed E-state index contributed by atoms with van der Waals surface area (Å²) in [7, 11) is 0. The van der Waals surface area contributed by atoms with Gasteiger partial charge in [-0.05, 0) is 13.8 Å². The Labute approximate surface area is 119 Å². The van der Waals surface area contributed by atoms with E-state index in [2.05, 4.69) is 36.5 Å². The van der Waals surface area contributed by atoms with Crippen LogP contribution in [-0.4, -0.2) is 17.1 Å². The van der Waals surface area contributed by atoms with Gasteiger partial charge in [0.25, 0.3) is 0 Å². The van der Waals surface area contributed by atoms with Crippen molar-refractivity contribution in [3.05, 3.63) is 71.8 Å². The van der Waals surface area contributed by atoms with Gasteiger partial charge in [0.2, 0.25) is 0 Å². The van der Waals surface area contributed by atoms with Gasteiger partial charge in [-0.1, -0.05) is 60.7 Å². The lowest BCUT2D eigenvalue weighted by Crippen LogP contribution is -2.40. The molecule has 0 atom stereocenters. The molecule has 0 aliphatic carbocycles. The summed E-state index contributed by atoms with van der Waals surface area (Å²) in [6.45, 7) is 4.17. The van der Waals surface area contributed by atoms with Crippen molar-refractivity contribution in [3.8, 4) is 0 Å². The molecule has 100 valence electrons. The van der Waals surface area contributed by atoms with Crippen LogP contribution < -0.4 is 5.43 Å². The molecule has 1 aliphatic rings. The summed E-state index contributed by atoms with van der Waals surface area (Å²) >= 11 is 0. The van der Waals surface area contributed by atoms with Crippen LogP contribution in [0.25, 0.3) is 0 Å². The molecule has 0 amide bonds. The molecule has 1 N–H and O–H groups in total.